The Labute approximate surface area is 90.3 Å². The third-order valence-electron chi connectivity index (χ3n) is 1.18. The highest BCUT2D eigenvalue weighted by molar-refractivity contribution is 8.54. The Morgan fingerprint density at radius 3 is 2.29 bits per heavy atom. The number of hydrogen-bond acceptors (Lipinski definition) is 4. The van der Waals surface area contributed by atoms with E-state index in [1.54, 1.807) is 20.8 Å². The summed E-state index contributed by atoms with van der Waals surface area (Å²) in [6.07, 6.45) is 0. The van der Waals surface area contributed by atoms with Gasteiger partial charge in [0, 0.05) is 12.3 Å². The quantitative estimate of drug-likeness (QED) is 0.748. The molecular weight excluding hydrogens is 221 g/mol. The van der Waals surface area contributed by atoms with Crippen LogP contribution in [0.2, 0.25) is 0 Å². The molecule has 0 amide bonds. The molecule has 0 aliphatic rings. The van der Waals surface area contributed by atoms with Crippen molar-refractivity contribution in [3.8, 4) is 0 Å². The van der Waals surface area contributed by atoms with Crippen molar-refractivity contribution in [2.75, 3.05) is 26.4 Å². The SMILES string of the molecule is CN(C)CCSP(=O)(O)OC(C)(C)C. The van der Waals surface area contributed by atoms with Crippen LogP contribution in [0.1, 0.15) is 20.8 Å². The Morgan fingerprint density at radius 2 is 1.93 bits per heavy atom. The van der Waals surface area contributed by atoms with E-state index in [-0.39, 0.29) is 0 Å². The molecule has 0 spiro atoms. The smallest absolute Gasteiger partial charge is 0.316 e. The first-order chi connectivity index (χ1) is 6.12. The maximum absolute atomic E-state index is 11.5. The van der Waals surface area contributed by atoms with Gasteiger partial charge >= 0.3 is 6.80 Å². The molecule has 0 radical (unpaired) electrons. The molecule has 0 bridgehead atoms. The molecule has 1 atom stereocenters. The Morgan fingerprint density at radius 1 is 1.43 bits per heavy atom. The van der Waals surface area contributed by atoms with E-state index in [4.69, 9.17) is 4.52 Å². The lowest BCUT2D eigenvalue weighted by atomic mass is 10.2. The van der Waals surface area contributed by atoms with Crippen molar-refractivity contribution in [2.45, 2.75) is 26.4 Å². The van der Waals surface area contributed by atoms with Crippen LogP contribution in [0.3, 0.4) is 0 Å². The lowest BCUT2D eigenvalue weighted by Crippen LogP contribution is -2.18. The van der Waals surface area contributed by atoms with Crippen LogP contribution < -0.4 is 0 Å². The van der Waals surface area contributed by atoms with Gasteiger partial charge in [0.05, 0.1) is 5.60 Å². The van der Waals surface area contributed by atoms with E-state index in [2.05, 4.69) is 0 Å². The molecule has 0 saturated heterocycles. The van der Waals surface area contributed by atoms with E-state index < -0.39 is 12.4 Å². The van der Waals surface area contributed by atoms with Gasteiger partial charge in [0.15, 0.2) is 0 Å². The van der Waals surface area contributed by atoms with Crippen LogP contribution in [0.15, 0.2) is 0 Å². The highest BCUT2D eigenvalue weighted by Crippen LogP contribution is 2.57. The second-order valence-corrected chi connectivity index (χ2v) is 8.25. The van der Waals surface area contributed by atoms with Gasteiger partial charge in [0.25, 0.3) is 0 Å². The summed E-state index contributed by atoms with van der Waals surface area (Å²) in [5.74, 6) is 0.594. The summed E-state index contributed by atoms with van der Waals surface area (Å²) in [5.41, 5.74) is -0.574. The van der Waals surface area contributed by atoms with Gasteiger partial charge in [0.2, 0.25) is 0 Å². The zero-order chi connectivity index (χ0) is 11.4. The van der Waals surface area contributed by atoms with Crippen LogP contribution in [0.5, 0.6) is 0 Å². The van der Waals surface area contributed by atoms with Crippen molar-refractivity contribution in [1.82, 2.24) is 4.90 Å². The van der Waals surface area contributed by atoms with Crippen LogP contribution >= 0.6 is 18.2 Å². The standard InChI is InChI=1S/C8H20NO3PS/c1-8(2,3)12-13(10,11)14-7-6-9(4)5/h6-7H2,1-5H3,(H,10,11). The maximum atomic E-state index is 11.5. The average Bonchev–Trinajstić information content (AvgIpc) is 1.78. The highest BCUT2D eigenvalue weighted by Gasteiger charge is 2.27. The Hall–Kier alpha value is 0.460. The van der Waals surface area contributed by atoms with Crippen LogP contribution in [0, 0.1) is 0 Å². The van der Waals surface area contributed by atoms with E-state index in [9.17, 15) is 9.46 Å². The third kappa shape index (κ3) is 9.03. The van der Waals surface area contributed by atoms with Crippen LogP contribution in [-0.2, 0) is 9.09 Å². The van der Waals surface area contributed by atoms with Crippen LogP contribution in [0.4, 0.5) is 0 Å². The van der Waals surface area contributed by atoms with E-state index in [0.717, 1.165) is 17.9 Å². The molecule has 86 valence electrons. The average molecular weight is 241 g/mol. The van der Waals surface area contributed by atoms with Crippen LogP contribution in [0.25, 0.3) is 0 Å². The summed E-state index contributed by atoms with van der Waals surface area (Å²) >= 11 is 0.981. The summed E-state index contributed by atoms with van der Waals surface area (Å²) in [6.45, 7) is 2.59. The summed E-state index contributed by atoms with van der Waals surface area (Å²) in [5, 5.41) is 0. The lowest BCUT2D eigenvalue weighted by molar-refractivity contribution is 0.120. The molecule has 0 fully saturated rings. The van der Waals surface area contributed by atoms with Crippen molar-refractivity contribution >= 4 is 18.2 Å². The summed E-state index contributed by atoms with van der Waals surface area (Å²) in [4.78, 5) is 11.4. The molecule has 0 aliphatic heterocycles. The fraction of sp³-hybridized carbons (Fsp3) is 1.00. The van der Waals surface area contributed by atoms with Gasteiger partial charge in [-0.3, -0.25) is 4.52 Å². The monoisotopic (exact) mass is 241 g/mol. The molecule has 0 saturated carbocycles. The molecular formula is C8H20NO3PS. The van der Waals surface area contributed by atoms with Crippen molar-refractivity contribution in [1.29, 1.82) is 0 Å². The van der Waals surface area contributed by atoms with Gasteiger partial charge in [0.1, 0.15) is 0 Å². The van der Waals surface area contributed by atoms with Crippen LogP contribution in [-0.4, -0.2) is 41.8 Å². The van der Waals surface area contributed by atoms with Crippen molar-refractivity contribution in [3.05, 3.63) is 0 Å². The minimum absolute atomic E-state index is 0.574. The molecule has 6 heteroatoms. The predicted molar refractivity (Wildman–Crippen MR) is 61.7 cm³/mol. The normalized spacial score (nSPS) is 17.1. The molecule has 0 aromatic heterocycles. The van der Waals surface area contributed by atoms with Gasteiger partial charge < -0.3 is 9.79 Å². The van der Waals surface area contributed by atoms with Crippen molar-refractivity contribution in [2.24, 2.45) is 0 Å². The predicted octanol–water partition coefficient (Wildman–Crippen LogP) is 2.20. The van der Waals surface area contributed by atoms with Crippen molar-refractivity contribution < 1.29 is 14.0 Å². The first kappa shape index (κ1) is 14.5. The molecule has 0 aliphatic carbocycles. The van der Waals surface area contributed by atoms with Gasteiger partial charge in [-0.05, 0) is 46.2 Å². The summed E-state index contributed by atoms with van der Waals surface area (Å²) in [6, 6.07) is 0. The lowest BCUT2D eigenvalue weighted by Gasteiger charge is -2.23. The van der Waals surface area contributed by atoms with Gasteiger partial charge in [-0.25, -0.2) is 4.57 Å². The largest absolute Gasteiger partial charge is 0.387 e. The van der Waals surface area contributed by atoms with Gasteiger partial charge in [-0.15, -0.1) is 0 Å². The minimum Gasteiger partial charge on any atom is -0.316 e. The highest BCUT2D eigenvalue weighted by atomic mass is 32.7. The summed E-state index contributed by atoms with van der Waals surface area (Å²) < 4.78 is 16.6. The second-order valence-electron chi connectivity index (χ2n) is 4.31. The molecule has 0 rings (SSSR count). The maximum Gasteiger partial charge on any atom is 0.387 e. The summed E-state index contributed by atoms with van der Waals surface area (Å²) in [7, 11) is 3.85. The van der Waals surface area contributed by atoms with E-state index in [1.807, 2.05) is 19.0 Å². The molecule has 0 aromatic rings. The minimum atomic E-state index is -3.48. The third-order valence-corrected chi connectivity index (χ3v) is 4.40. The van der Waals surface area contributed by atoms with E-state index in [0.29, 0.717) is 5.75 Å². The Kier molecular flexibility index (Phi) is 5.70. The molecule has 0 aromatic carbocycles. The first-order valence-corrected chi connectivity index (χ1v) is 7.62. The number of rotatable bonds is 5. The zero-order valence-electron chi connectivity index (χ0n) is 9.48. The second kappa shape index (κ2) is 5.52. The number of hydrogen-bond donors (Lipinski definition) is 1. The topological polar surface area (TPSA) is 49.8 Å². The van der Waals surface area contributed by atoms with E-state index in [1.165, 1.54) is 0 Å². The Balaban J connectivity index is 3.91. The van der Waals surface area contributed by atoms with E-state index >= 15 is 0 Å². The van der Waals surface area contributed by atoms with Gasteiger partial charge in [-0.2, -0.15) is 0 Å². The Bertz CT molecular complexity index is 215. The molecule has 4 nitrogen and oxygen atoms in total. The van der Waals surface area contributed by atoms with Gasteiger partial charge in [-0.1, -0.05) is 0 Å². The van der Waals surface area contributed by atoms with Crippen molar-refractivity contribution in [3.63, 3.8) is 0 Å². The fourth-order valence-corrected chi connectivity index (χ4v) is 3.90. The molecule has 14 heavy (non-hydrogen) atoms. The molecule has 0 heterocycles. The fourth-order valence-electron chi connectivity index (χ4n) is 0.711. The molecule has 1 N–H and O–H groups in total. The first-order valence-electron chi connectivity index (χ1n) is 4.45. The zero-order valence-corrected chi connectivity index (χ0v) is 11.2. The molecule has 1 unspecified atom stereocenters. The number of nitrogens with zero attached hydrogens (tertiary/aromatic N) is 1.